The van der Waals surface area contributed by atoms with Gasteiger partial charge in [0.1, 0.15) is 0 Å². The lowest BCUT2D eigenvalue weighted by Gasteiger charge is -2.19. The van der Waals surface area contributed by atoms with E-state index < -0.39 is 0 Å². The van der Waals surface area contributed by atoms with Crippen LogP contribution >= 0.6 is 35.1 Å². The zero-order valence-electron chi connectivity index (χ0n) is 16.6. The molecule has 0 spiro atoms. The summed E-state index contributed by atoms with van der Waals surface area (Å²) in [5.74, 6) is -0.0725. The van der Waals surface area contributed by atoms with Crippen molar-refractivity contribution in [2.24, 2.45) is 0 Å². The average Bonchev–Trinajstić information content (AvgIpc) is 3.29. The number of para-hydroxylation sites is 2. The van der Waals surface area contributed by atoms with Crippen molar-refractivity contribution in [3.8, 4) is 0 Å². The number of carbonyl (C=O) groups is 1. The van der Waals surface area contributed by atoms with Gasteiger partial charge in [-0.2, -0.15) is 0 Å². The number of rotatable bonds is 6. The Hall–Kier alpha value is -2.06. The molecular formula is C21H23ClN4OS2. The van der Waals surface area contributed by atoms with E-state index in [4.69, 9.17) is 4.98 Å². The maximum Gasteiger partial charge on any atom is 0.289 e. The van der Waals surface area contributed by atoms with Gasteiger partial charge in [0.25, 0.3) is 5.91 Å². The molecule has 0 radical (unpaired) electrons. The van der Waals surface area contributed by atoms with Crippen LogP contribution in [0.2, 0.25) is 0 Å². The normalized spacial score (nSPS) is 11.2. The van der Waals surface area contributed by atoms with Crippen molar-refractivity contribution < 1.29 is 4.79 Å². The molecule has 0 fully saturated rings. The van der Waals surface area contributed by atoms with Crippen LogP contribution in [0.25, 0.3) is 20.4 Å². The van der Waals surface area contributed by atoms with E-state index in [1.165, 1.54) is 11.3 Å². The zero-order chi connectivity index (χ0) is 19.7. The summed E-state index contributed by atoms with van der Waals surface area (Å²) in [6.07, 6.45) is 0.874. The highest BCUT2D eigenvalue weighted by Gasteiger charge is 2.24. The van der Waals surface area contributed by atoms with Gasteiger partial charge in [0, 0.05) is 6.54 Å². The number of hydrogen-bond donors (Lipinski definition) is 0. The monoisotopic (exact) mass is 446 g/mol. The van der Waals surface area contributed by atoms with Gasteiger partial charge in [-0.05, 0) is 57.7 Å². The Kier molecular flexibility index (Phi) is 6.85. The molecule has 0 aliphatic carbocycles. The SMILES string of the molecule is Cc1cccc2sc(N(CCCN(C)C)C(=O)c3nc4ccccc4s3)nc12.Cl. The maximum absolute atomic E-state index is 13.4. The highest BCUT2D eigenvalue weighted by molar-refractivity contribution is 7.23. The molecule has 152 valence electrons. The summed E-state index contributed by atoms with van der Waals surface area (Å²) in [6, 6.07) is 14.0. The van der Waals surface area contributed by atoms with Crippen LogP contribution in [0.15, 0.2) is 42.5 Å². The second-order valence-electron chi connectivity index (χ2n) is 7.02. The molecular weight excluding hydrogens is 424 g/mol. The van der Waals surface area contributed by atoms with E-state index in [-0.39, 0.29) is 18.3 Å². The minimum atomic E-state index is -0.0725. The molecule has 2 heterocycles. The number of carbonyl (C=O) groups excluding carboxylic acids is 1. The van der Waals surface area contributed by atoms with Crippen LogP contribution in [0.5, 0.6) is 0 Å². The Morgan fingerprint density at radius 3 is 2.45 bits per heavy atom. The molecule has 5 nitrogen and oxygen atoms in total. The Labute approximate surface area is 184 Å². The van der Waals surface area contributed by atoms with E-state index in [0.29, 0.717) is 11.6 Å². The van der Waals surface area contributed by atoms with Gasteiger partial charge in [0.15, 0.2) is 10.1 Å². The highest BCUT2D eigenvalue weighted by Crippen LogP contribution is 2.32. The molecule has 29 heavy (non-hydrogen) atoms. The minimum Gasteiger partial charge on any atom is -0.309 e. The zero-order valence-corrected chi connectivity index (χ0v) is 19.0. The molecule has 1 amide bonds. The lowest BCUT2D eigenvalue weighted by atomic mass is 10.2. The van der Waals surface area contributed by atoms with Gasteiger partial charge in [-0.25, -0.2) is 9.97 Å². The lowest BCUT2D eigenvalue weighted by molar-refractivity contribution is 0.0986. The average molecular weight is 447 g/mol. The number of nitrogens with zero attached hydrogens (tertiary/aromatic N) is 4. The standard InChI is InChI=1S/C21H22N4OS2.ClH/c1-14-8-6-11-17-18(14)23-21(28-17)25(13-7-12-24(2)3)20(26)19-22-15-9-4-5-10-16(15)27-19;/h4-6,8-11H,7,12-13H2,1-3H3;1H. The van der Waals surface area contributed by atoms with Gasteiger partial charge in [-0.3, -0.25) is 9.69 Å². The Morgan fingerprint density at radius 1 is 0.966 bits per heavy atom. The van der Waals surface area contributed by atoms with Crippen molar-refractivity contribution in [2.75, 3.05) is 32.1 Å². The third-order valence-corrected chi connectivity index (χ3v) is 6.62. The molecule has 0 atom stereocenters. The summed E-state index contributed by atoms with van der Waals surface area (Å²) in [7, 11) is 4.08. The molecule has 0 aliphatic heterocycles. The largest absolute Gasteiger partial charge is 0.309 e. The number of benzene rings is 2. The van der Waals surface area contributed by atoms with Gasteiger partial charge < -0.3 is 4.90 Å². The fourth-order valence-electron chi connectivity index (χ4n) is 3.10. The van der Waals surface area contributed by atoms with Crippen molar-refractivity contribution >= 4 is 66.6 Å². The molecule has 0 unspecified atom stereocenters. The molecule has 0 saturated carbocycles. The van der Waals surface area contributed by atoms with Crippen molar-refractivity contribution in [1.29, 1.82) is 0 Å². The molecule has 4 rings (SSSR count). The first-order valence-corrected chi connectivity index (χ1v) is 10.8. The van der Waals surface area contributed by atoms with E-state index in [1.54, 1.807) is 16.2 Å². The van der Waals surface area contributed by atoms with Crippen LogP contribution in [-0.2, 0) is 0 Å². The van der Waals surface area contributed by atoms with Gasteiger partial charge >= 0.3 is 0 Å². The number of fused-ring (bicyclic) bond motifs is 2. The Balaban J connectivity index is 0.00000240. The predicted molar refractivity (Wildman–Crippen MR) is 126 cm³/mol. The van der Waals surface area contributed by atoms with Crippen molar-refractivity contribution in [3.63, 3.8) is 0 Å². The van der Waals surface area contributed by atoms with Crippen LogP contribution in [0.3, 0.4) is 0 Å². The second-order valence-corrected chi connectivity index (χ2v) is 9.06. The van der Waals surface area contributed by atoms with Crippen molar-refractivity contribution in [2.45, 2.75) is 13.3 Å². The second kappa shape index (κ2) is 9.17. The van der Waals surface area contributed by atoms with Crippen molar-refractivity contribution in [1.82, 2.24) is 14.9 Å². The Morgan fingerprint density at radius 2 is 1.72 bits per heavy atom. The summed E-state index contributed by atoms with van der Waals surface area (Å²) in [5.41, 5.74) is 2.96. The lowest BCUT2D eigenvalue weighted by Crippen LogP contribution is -2.33. The first kappa shape index (κ1) is 21.6. The number of aromatic nitrogens is 2. The molecule has 0 saturated heterocycles. The smallest absolute Gasteiger partial charge is 0.289 e. The molecule has 0 aliphatic rings. The van der Waals surface area contributed by atoms with Crippen LogP contribution in [-0.4, -0.2) is 48.0 Å². The number of amides is 1. The van der Waals surface area contributed by atoms with Crippen LogP contribution in [0.1, 0.15) is 21.8 Å². The van der Waals surface area contributed by atoms with Gasteiger partial charge in [-0.15, -0.1) is 23.7 Å². The summed E-state index contributed by atoms with van der Waals surface area (Å²) in [4.78, 5) is 26.7. The number of halogens is 1. The quantitative estimate of drug-likeness (QED) is 0.406. The topological polar surface area (TPSA) is 49.3 Å². The van der Waals surface area contributed by atoms with Gasteiger partial charge in [0.05, 0.1) is 20.4 Å². The first-order chi connectivity index (χ1) is 13.5. The molecule has 8 heteroatoms. The number of anilines is 1. The van der Waals surface area contributed by atoms with Crippen LogP contribution in [0, 0.1) is 6.92 Å². The maximum atomic E-state index is 13.4. The van der Waals surface area contributed by atoms with E-state index in [2.05, 4.69) is 28.9 Å². The van der Waals surface area contributed by atoms with Crippen molar-refractivity contribution in [3.05, 3.63) is 53.0 Å². The third kappa shape index (κ3) is 4.59. The number of hydrogen-bond acceptors (Lipinski definition) is 6. The van der Waals surface area contributed by atoms with Gasteiger partial charge in [0.2, 0.25) is 0 Å². The van der Waals surface area contributed by atoms with E-state index in [9.17, 15) is 4.79 Å². The Bertz CT molecular complexity index is 1110. The molecule has 2 aromatic heterocycles. The summed E-state index contributed by atoms with van der Waals surface area (Å²) in [5, 5.41) is 1.26. The fraction of sp³-hybridized carbons (Fsp3) is 0.286. The minimum absolute atomic E-state index is 0. The number of aryl methyl sites for hydroxylation is 1. The summed E-state index contributed by atoms with van der Waals surface area (Å²) >= 11 is 3.01. The first-order valence-electron chi connectivity index (χ1n) is 9.21. The molecule has 2 aromatic carbocycles. The van der Waals surface area contributed by atoms with E-state index >= 15 is 0 Å². The van der Waals surface area contributed by atoms with Gasteiger partial charge in [-0.1, -0.05) is 35.6 Å². The third-order valence-electron chi connectivity index (χ3n) is 4.55. The summed E-state index contributed by atoms with van der Waals surface area (Å²) < 4.78 is 2.13. The fourth-order valence-corrected chi connectivity index (χ4v) is 5.08. The molecule has 0 bridgehead atoms. The number of thiazole rings is 2. The molecule has 4 aromatic rings. The summed E-state index contributed by atoms with van der Waals surface area (Å²) in [6.45, 7) is 3.58. The van der Waals surface area contributed by atoms with Crippen LogP contribution in [0.4, 0.5) is 5.13 Å². The van der Waals surface area contributed by atoms with E-state index in [1.807, 2.05) is 44.4 Å². The highest BCUT2D eigenvalue weighted by atomic mass is 35.5. The van der Waals surface area contributed by atoms with E-state index in [0.717, 1.165) is 44.1 Å². The molecule has 0 N–H and O–H groups in total. The predicted octanol–water partition coefficient (Wildman–Crippen LogP) is 5.23. The van der Waals surface area contributed by atoms with Crippen LogP contribution < -0.4 is 4.90 Å².